The molecule has 0 aliphatic heterocycles. The molecule has 0 radical (unpaired) electrons. The molecule has 0 N–H and O–H groups in total. The quantitative estimate of drug-likeness (QED) is 0.629. The molecule has 0 bridgehead atoms. The van der Waals surface area contributed by atoms with E-state index in [2.05, 4.69) is 64.6 Å². The molecule has 2 heterocycles. The molecule has 1 aromatic carbocycles. The third-order valence-corrected chi connectivity index (χ3v) is 3.10. The van der Waals surface area contributed by atoms with Gasteiger partial charge in [0.05, 0.1) is 6.04 Å². The van der Waals surface area contributed by atoms with Gasteiger partial charge >= 0.3 is 5.65 Å². The van der Waals surface area contributed by atoms with Crippen molar-refractivity contribution in [3.8, 4) is 5.69 Å². The fourth-order valence-electron chi connectivity index (χ4n) is 2.19. The smallest absolute Gasteiger partial charge is 0.231 e. The molecule has 3 aromatic rings. The first-order valence-electron chi connectivity index (χ1n) is 6.20. The summed E-state index contributed by atoms with van der Waals surface area (Å²) in [7, 11) is 0. The Morgan fingerprint density at radius 2 is 1.83 bits per heavy atom. The van der Waals surface area contributed by atoms with Crippen molar-refractivity contribution in [1.82, 2.24) is 9.55 Å². The summed E-state index contributed by atoms with van der Waals surface area (Å²) in [5.74, 6) is 0. The summed E-state index contributed by atoms with van der Waals surface area (Å²) in [6, 6.07) is 14.8. The number of rotatable bonds is 2. The highest BCUT2D eigenvalue weighted by Crippen LogP contribution is 2.16. The number of hydrogen-bond donors (Lipinski definition) is 0. The predicted molar refractivity (Wildman–Crippen MR) is 71.7 cm³/mol. The summed E-state index contributed by atoms with van der Waals surface area (Å²) in [6.07, 6.45) is 3.97. The standard InChI is InChI=1S/C15H16N3/c1-12(2)17-11-18(13-7-4-3-5-8-13)14-9-6-10-16-15(14)17/h3-12H,1-2H3/q+1. The second kappa shape index (κ2) is 4.26. The Hall–Kier alpha value is -2.16. The molecule has 0 spiro atoms. The van der Waals surface area contributed by atoms with Crippen molar-refractivity contribution in [2.75, 3.05) is 0 Å². The molecular weight excluding hydrogens is 222 g/mol. The fraction of sp³-hybridized carbons (Fsp3) is 0.200. The highest BCUT2D eigenvalue weighted by Gasteiger charge is 2.18. The number of imidazole rings is 1. The summed E-state index contributed by atoms with van der Waals surface area (Å²) in [5, 5.41) is 0. The van der Waals surface area contributed by atoms with Gasteiger partial charge in [-0.15, -0.1) is 4.98 Å². The van der Waals surface area contributed by atoms with Crippen molar-refractivity contribution < 1.29 is 4.57 Å². The molecule has 0 aliphatic carbocycles. The van der Waals surface area contributed by atoms with E-state index in [0.29, 0.717) is 6.04 Å². The summed E-state index contributed by atoms with van der Waals surface area (Å²) in [4.78, 5) is 4.49. The summed E-state index contributed by atoms with van der Waals surface area (Å²) < 4.78 is 4.38. The van der Waals surface area contributed by atoms with E-state index in [1.54, 1.807) is 0 Å². The van der Waals surface area contributed by atoms with Crippen molar-refractivity contribution in [3.63, 3.8) is 0 Å². The molecule has 0 saturated carbocycles. The minimum absolute atomic E-state index is 0.396. The Balaban J connectivity index is 2.31. The van der Waals surface area contributed by atoms with Crippen LogP contribution in [0.15, 0.2) is 55.0 Å². The predicted octanol–water partition coefficient (Wildman–Crippen LogP) is 2.89. The third-order valence-electron chi connectivity index (χ3n) is 3.10. The molecule has 3 heteroatoms. The first kappa shape index (κ1) is 11.0. The topological polar surface area (TPSA) is 21.7 Å². The molecule has 90 valence electrons. The maximum absolute atomic E-state index is 4.49. The third kappa shape index (κ3) is 1.68. The van der Waals surface area contributed by atoms with Crippen LogP contribution in [0.5, 0.6) is 0 Å². The van der Waals surface area contributed by atoms with E-state index in [9.17, 15) is 0 Å². The maximum atomic E-state index is 4.49. The Morgan fingerprint density at radius 1 is 1.06 bits per heavy atom. The molecule has 0 saturated heterocycles. The number of para-hydroxylation sites is 1. The van der Waals surface area contributed by atoms with Crippen LogP contribution in [0.3, 0.4) is 0 Å². The minimum atomic E-state index is 0.396. The largest absolute Gasteiger partial charge is 0.302 e. The van der Waals surface area contributed by atoms with Gasteiger partial charge in [0.25, 0.3) is 0 Å². The first-order chi connectivity index (χ1) is 8.77. The van der Waals surface area contributed by atoms with Crippen molar-refractivity contribution in [3.05, 3.63) is 55.0 Å². The van der Waals surface area contributed by atoms with Crippen LogP contribution in [0.4, 0.5) is 0 Å². The number of hydrogen-bond acceptors (Lipinski definition) is 1. The van der Waals surface area contributed by atoms with E-state index < -0.39 is 0 Å². The Bertz CT molecular complexity index is 669. The van der Waals surface area contributed by atoms with Crippen LogP contribution in [0.25, 0.3) is 16.9 Å². The van der Waals surface area contributed by atoms with Crippen LogP contribution in [-0.2, 0) is 0 Å². The lowest BCUT2D eigenvalue weighted by atomic mass is 10.3. The Labute approximate surface area is 106 Å². The Kier molecular flexibility index (Phi) is 2.59. The lowest BCUT2D eigenvalue weighted by Crippen LogP contribution is -2.35. The average molecular weight is 238 g/mol. The lowest BCUT2D eigenvalue weighted by Gasteiger charge is -1.99. The van der Waals surface area contributed by atoms with Gasteiger partial charge < -0.3 is 0 Å². The van der Waals surface area contributed by atoms with Crippen LogP contribution >= 0.6 is 0 Å². The molecule has 18 heavy (non-hydrogen) atoms. The van der Waals surface area contributed by atoms with Gasteiger partial charge in [0.15, 0.2) is 11.8 Å². The lowest BCUT2D eigenvalue weighted by molar-refractivity contribution is -0.693. The van der Waals surface area contributed by atoms with Gasteiger partial charge in [-0.3, -0.25) is 0 Å². The first-order valence-corrected chi connectivity index (χ1v) is 6.20. The molecule has 3 rings (SSSR count). The second-order valence-corrected chi connectivity index (χ2v) is 4.67. The summed E-state index contributed by atoms with van der Waals surface area (Å²) >= 11 is 0. The van der Waals surface area contributed by atoms with Crippen LogP contribution in [0, 0.1) is 0 Å². The van der Waals surface area contributed by atoms with Crippen molar-refractivity contribution >= 4 is 11.2 Å². The van der Waals surface area contributed by atoms with Crippen molar-refractivity contribution in [2.45, 2.75) is 19.9 Å². The average Bonchev–Trinajstić information content (AvgIpc) is 2.79. The molecule has 0 fully saturated rings. The Morgan fingerprint density at radius 3 is 2.56 bits per heavy atom. The molecule has 0 aliphatic rings. The molecular formula is C15H16N3+. The highest BCUT2D eigenvalue weighted by molar-refractivity contribution is 5.69. The summed E-state index contributed by atoms with van der Waals surface area (Å²) in [5.41, 5.74) is 3.32. The van der Waals surface area contributed by atoms with Crippen LogP contribution in [0.2, 0.25) is 0 Å². The van der Waals surface area contributed by atoms with Gasteiger partial charge in [0.2, 0.25) is 0 Å². The van der Waals surface area contributed by atoms with Gasteiger partial charge in [-0.05, 0) is 38.1 Å². The van der Waals surface area contributed by atoms with Crippen LogP contribution in [0.1, 0.15) is 19.9 Å². The molecule has 0 unspecified atom stereocenters. The highest BCUT2D eigenvalue weighted by atomic mass is 15.2. The summed E-state index contributed by atoms with van der Waals surface area (Å²) in [6.45, 7) is 4.34. The van der Waals surface area contributed by atoms with Gasteiger partial charge in [-0.2, -0.15) is 0 Å². The SMILES string of the molecule is CC(C)[n+]1cn(-c2ccccc2)c2cccnc21. The van der Waals surface area contributed by atoms with Crippen molar-refractivity contribution in [1.29, 1.82) is 0 Å². The van der Waals surface area contributed by atoms with E-state index >= 15 is 0 Å². The number of fused-ring (bicyclic) bond motifs is 1. The van der Waals surface area contributed by atoms with E-state index in [4.69, 9.17) is 0 Å². The molecule has 3 nitrogen and oxygen atoms in total. The molecule has 0 atom stereocenters. The normalized spacial score (nSPS) is 11.3. The van der Waals surface area contributed by atoms with Crippen LogP contribution in [-0.4, -0.2) is 9.55 Å². The van der Waals surface area contributed by atoms with Gasteiger partial charge in [-0.25, -0.2) is 9.13 Å². The second-order valence-electron chi connectivity index (χ2n) is 4.67. The zero-order valence-corrected chi connectivity index (χ0v) is 10.6. The van der Waals surface area contributed by atoms with E-state index in [1.807, 2.05) is 18.3 Å². The van der Waals surface area contributed by atoms with Crippen LogP contribution < -0.4 is 4.57 Å². The fourth-order valence-corrected chi connectivity index (χ4v) is 2.19. The van der Waals surface area contributed by atoms with E-state index in [0.717, 1.165) is 16.9 Å². The number of benzene rings is 1. The zero-order chi connectivity index (χ0) is 12.5. The number of aromatic nitrogens is 3. The number of pyridine rings is 1. The van der Waals surface area contributed by atoms with E-state index in [1.165, 1.54) is 0 Å². The molecule has 2 aromatic heterocycles. The minimum Gasteiger partial charge on any atom is -0.231 e. The van der Waals surface area contributed by atoms with Crippen molar-refractivity contribution in [2.24, 2.45) is 0 Å². The van der Waals surface area contributed by atoms with E-state index in [-0.39, 0.29) is 0 Å². The van der Waals surface area contributed by atoms with Gasteiger partial charge in [-0.1, -0.05) is 18.2 Å². The number of nitrogens with zero attached hydrogens (tertiary/aromatic N) is 3. The maximum Gasteiger partial charge on any atom is 0.302 e. The van der Waals surface area contributed by atoms with Gasteiger partial charge in [0.1, 0.15) is 11.9 Å². The molecule has 0 amide bonds. The van der Waals surface area contributed by atoms with Gasteiger partial charge in [0, 0.05) is 0 Å². The monoisotopic (exact) mass is 238 g/mol. The zero-order valence-electron chi connectivity index (χ0n) is 10.6.